The SMILES string of the molecule is S=c1n(CN2CCc3sccc3C2)nnn1C1CCCCC1. The Hall–Kier alpha value is -1.05. The standard InChI is InChI=1S/C15H21N5S2/c21-15-19(16-17-20(15)13-4-2-1-3-5-13)11-18-8-6-14-12(10-18)7-9-22-14/h7,9,13H,1-6,8,10-11H2. The van der Waals surface area contributed by atoms with Crippen LogP contribution in [0.3, 0.4) is 0 Å². The summed E-state index contributed by atoms with van der Waals surface area (Å²) in [5.41, 5.74) is 1.46. The molecule has 118 valence electrons. The van der Waals surface area contributed by atoms with E-state index in [-0.39, 0.29) is 0 Å². The summed E-state index contributed by atoms with van der Waals surface area (Å²) in [5.74, 6) is 0. The molecule has 1 fully saturated rings. The number of tetrazole rings is 1. The van der Waals surface area contributed by atoms with Gasteiger partial charge < -0.3 is 0 Å². The van der Waals surface area contributed by atoms with Crippen LogP contribution in [-0.4, -0.2) is 31.2 Å². The molecule has 1 aliphatic carbocycles. The highest BCUT2D eigenvalue weighted by atomic mass is 32.1. The van der Waals surface area contributed by atoms with Crippen LogP contribution in [0, 0.1) is 4.77 Å². The monoisotopic (exact) mass is 335 g/mol. The summed E-state index contributed by atoms with van der Waals surface area (Å²) in [4.78, 5) is 3.94. The number of thiophene rings is 1. The zero-order valence-corrected chi connectivity index (χ0v) is 14.3. The van der Waals surface area contributed by atoms with Crippen molar-refractivity contribution in [3.8, 4) is 0 Å². The number of hydrogen-bond acceptors (Lipinski definition) is 5. The Morgan fingerprint density at radius 1 is 1.23 bits per heavy atom. The number of rotatable bonds is 3. The molecule has 2 aromatic rings. The van der Waals surface area contributed by atoms with Crippen molar-refractivity contribution in [3.63, 3.8) is 0 Å². The largest absolute Gasteiger partial charge is 0.280 e. The van der Waals surface area contributed by atoms with E-state index in [1.165, 1.54) is 42.5 Å². The summed E-state index contributed by atoms with van der Waals surface area (Å²) < 4.78 is 4.65. The van der Waals surface area contributed by atoms with Gasteiger partial charge in [-0.15, -0.1) is 11.3 Å². The second-order valence-electron chi connectivity index (χ2n) is 6.31. The summed E-state index contributed by atoms with van der Waals surface area (Å²) in [5, 5.41) is 10.8. The maximum absolute atomic E-state index is 5.61. The van der Waals surface area contributed by atoms with Gasteiger partial charge in [-0.25, -0.2) is 9.36 Å². The molecular formula is C15H21N5S2. The minimum atomic E-state index is 0.458. The Bertz CT molecular complexity index is 695. The summed E-state index contributed by atoms with van der Waals surface area (Å²) >= 11 is 7.49. The van der Waals surface area contributed by atoms with Gasteiger partial charge >= 0.3 is 0 Å². The predicted molar refractivity (Wildman–Crippen MR) is 89.4 cm³/mol. The maximum atomic E-state index is 5.61. The van der Waals surface area contributed by atoms with Gasteiger partial charge in [-0.2, -0.15) is 0 Å². The van der Waals surface area contributed by atoms with Gasteiger partial charge in [-0.3, -0.25) is 4.90 Å². The lowest BCUT2D eigenvalue weighted by atomic mass is 9.96. The number of hydrogen-bond donors (Lipinski definition) is 0. The molecule has 0 radical (unpaired) electrons. The normalized spacial score (nSPS) is 20.2. The van der Waals surface area contributed by atoms with E-state index in [0.29, 0.717) is 6.04 Å². The summed E-state index contributed by atoms with van der Waals surface area (Å²) in [6.07, 6.45) is 7.43. The fourth-order valence-electron chi connectivity index (χ4n) is 3.55. The molecule has 0 N–H and O–H groups in total. The van der Waals surface area contributed by atoms with Crippen molar-refractivity contribution >= 4 is 23.6 Å². The third-order valence-electron chi connectivity index (χ3n) is 4.80. The van der Waals surface area contributed by atoms with Crippen molar-refractivity contribution in [2.45, 2.75) is 57.8 Å². The Balaban J connectivity index is 1.48. The summed E-state index contributed by atoms with van der Waals surface area (Å²) in [6, 6.07) is 2.70. The first-order valence-corrected chi connectivity index (χ1v) is 9.40. The van der Waals surface area contributed by atoms with Crippen LogP contribution in [0.5, 0.6) is 0 Å². The smallest absolute Gasteiger partial charge is 0.217 e. The van der Waals surface area contributed by atoms with Gasteiger partial charge in [-0.05, 0) is 58.9 Å². The lowest BCUT2D eigenvalue weighted by Gasteiger charge is -2.26. The molecule has 0 saturated heterocycles. The van der Waals surface area contributed by atoms with Crippen molar-refractivity contribution in [3.05, 3.63) is 26.7 Å². The van der Waals surface area contributed by atoms with E-state index in [2.05, 4.69) is 26.8 Å². The molecule has 0 atom stereocenters. The van der Waals surface area contributed by atoms with Crippen molar-refractivity contribution in [2.75, 3.05) is 6.54 Å². The molecule has 1 saturated carbocycles. The number of fused-ring (bicyclic) bond motifs is 1. The van der Waals surface area contributed by atoms with Crippen LogP contribution >= 0.6 is 23.6 Å². The highest BCUT2D eigenvalue weighted by Gasteiger charge is 2.21. The van der Waals surface area contributed by atoms with Crippen LogP contribution in [0.15, 0.2) is 11.4 Å². The Labute approximate surface area is 139 Å². The average molecular weight is 336 g/mol. The van der Waals surface area contributed by atoms with Gasteiger partial charge in [0, 0.05) is 18.0 Å². The first-order chi connectivity index (χ1) is 10.8. The lowest BCUT2D eigenvalue weighted by molar-refractivity contribution is 0.187. The molecule has 2 aromatic heterocycles. The van der Waals surface area contributed by atoms with Crippen molar-refractivity contribution in [2.24, 2.45) is 0 Å². The van der Waals surface area contributed by atoms with E-state index < -0.39 is 0 Å². The number of aromatic nitrogens is 4. The van der Waals surface area contributed by atoms with E-state index >= 15 is 0 Å². The van der Waals surface area contributed by atoms with Crippen LogP contribution in [0.4, 0.5) is 0 Å². The molecule has 4 rings (SSSR count). The third-order valence-corrected chi connectivity index (χ3v) is 6.22. The molecule has 22 heavy (non-hydrogen) atoms. The Kier molecular flexibility index (Phi) is 4.11. The molecule has 3 heterocycles. The quantitative estimate of drug-likeness (QED) is 0.806. The molecular weight excluding hydrogens is 314 g/mol. The van der Waals surface area contributed by atoms with Crippen LogP contribution in [0.1, 0.15) is 48.6 Å². The van der Waals surface area contributed by atoms with Crippen molar-refractivity contribution in [1.82, 2.24) is 24.7 Å². The van der Waals surface area contributed by atoms with Gasteiger partial charge in [0.25, 0.3) is 0 Å². The van der Waals surface area contributed by atoms with Gasteiger partial charge in [-0.1, -0.05) is 19.3 Å². The van der Waals surface area contributed by atoms with Crippen molar-refractivity contribution in [1.29, 1.82) is 0 Å². The van der Waals surface area contributed by atoms with E-state index in [9.17, 15) is 0 Å². The third kappa shape index (κ3) is 2.77. The van der Waals surface area contributed by atoms with Crippen molar-refractivity contribution < 1.29 is 0 Å². The van der Waals surface area contributed by atoms with Crippen LogP contribution in [-0.2, 0) is 19.6 Å². The topological polar surface area (TPSA) is 38.9 Å². The van der Waals surface area contributed by atoms with Gasteiger partial charge in [0.15, 0.2) is 0 Å². The van der Waals surface area contributed by atoms with E-state index in [4.69, 9.17) is 12.2 Å². The van der Waals surface area contributed by atoms with Crippen LogP contribution in [0.25, 0.3) is 0 Å². The fraction of sp³-hybridized carbons (Fsp3) is 0.667. The predicted octanol–water partition coefficient (Wildman–Crippen LogP) is 3.39. The van der Waals surface area contributed by atoms with Gasteiger partial charge in [0.2, 0.25) is 4.77 Å². The summed E-state index contributed by atoms with van der Waals surface area (Å²) in [7, 11) is 0. The first-order valence-electron chi connectivity index (χ1n) is 8.11. The highest BCUT2D eigenvalue weighted by Crippen LogP contribution is 2.28. The van der Waals surface area contributed by atoms with Gasteiger partial charge in [0.05, 0.1) is 12.7 Å². The highest BCUT2D eigenvalue weighted by molar-refractivity contribution is 7.71. The average Bonchev–Trinajstić information content (AvgIpc) is 3.15. The lowest BCUT2D eigenvalue weighted by Crippen LogP contribution is -2.32. The molecule has 5 nitrogen and oxygen atoms in total. The van der Waals surface area contributed by atoms with E-state index in [1.54, 1.807) is 0 Å². The molecule has 2 aliphatic rings. The Morgan fingerprint density at radius 3 is 2.95 bits per heavy atom. The summed E-state index contributed by atoms with van der Waals surface area (Å²) in [6.45, 7) is 2.82. The Morgan fingerprint density at radius 2 is 2.09 bits per heavy atom. The minimum Gasteiger partial charge on any atom is -0.280 e. The maximum Gasteiger partial charge on any atom is 0.217 e. The zero-order chi connectivity index (χ0) is 14.9. The number of nitrogens with zero attached hydrogens (tertiary/aromatic N) is 5. The van der Waals surface area contributed by atoms with Crippen LogP contribution in [0.2, 0.25) is 0 Å². The second kappa shape index (κ2) is 6.22. The zero-order valence-electron chi connectivity index (χ0n) is 12.6. The minimum absolute atomic E-state index is 0.458. The molecule has 0 spiro atoms. The molecule has 0 unspecified atom stereocenters. The van der Waals surface area contributed by atoms with E-state index in [0.717, 1.165) is 31.0 Å². The fourth-order valence-corrected chi connectivity index (χ4v) is 4.72. The molecule has 0 aromatic carbocycles. The second-order valence-corrected chi connectivity index (χ2v) is 7.68. The molecule has 0 amide bonds. The first kappa shape index (κ1) is 14.5. The molecule has 1 aliphatic heterocycles. The molecule has 7 heteroatoms. The van der Waals surface area contributed by atoms with Gasteiger partial charge in [0.1, 0.15) is 0 Å². The van der Waals surface area contributed by atoms with Crippen LogP contribution < -0.4 is 0 Å². The molecule has 0 bridgehead atoms. The van der Waals surface area contributed by atoms with E-state index in [1.807, 2.05) is 20.7 Å².